The Kier molecular flexibility index (Phi) is 5.46. The van der Waals surface area contributed by atoms with Crippen LogP contribution in [0.4, 0.5) is 10.1 Å². The average Bonchev–Trinajstić information content (AvgIpc) is 2.55. The van der Waals surface area contributed by atoms with E-state index in [9.17, 15) is 14.0 Å². The maximum atomic E-state index is 12.8. The van der Waals surface area contributed by atoms with Gasteiger partial charge in [0.25, 0.3) is 0 Å². The third-order valence-corrected chi connectivity index (χ3v) is 3.55. The summed E-state index contributed by atoms with van der Waals surface area (Å²) in [5, 5.41) is 5.19. The highest BCUT2D eigenvalue weighted by atomic mass is 19.1. The predicted molar refractivity (Wildman–Crippen MR) is 87.4 cm³/mol. The van der Waals surface area contributed by atoms with E-state index in [1.165, 1.54) is 12.1 Å². The molecule has 2 rings (SSSR count). The third kappa shape index (κ3) is 4.39. The Bertz CT molecular complexity index is 711. The summed E-state index contributed by atoms with van der Waals surface area (Å²) in [6.07, 6.45) is 0.758. The van der Waals surface area contributed by atoms with Gasteiger partial charge in [0, 0.05) is 12.2 Å². The topological polar surface area (TPSA) is 58.2 Å². The summed E-state index contributed by atoms with van der Waals surface area (Å²) in [5.41, 5.74) is 3.28. The molecule has 23 heavy (non-hydrogen) atoms. The SMILES string of the molecule is CCc1cccc(C)c1NC(=O)C(=O)NCc1ccc(F)cc1. The predicted octanol–water partition coefficient (Wildman–Crippen LogP) is 2.95. The van der Waals surface area contributed by atoms with Gasteiger partial charge in [-0.1, -0.05) is 37.3 Å². The highest BCUT2D eigenvalue weighted by molar-refractivity contribution is 6.39. The number of halogens is 1. The van der Waals surface area contributed by atoms with Crippen molar-refractivity contribution in [1.82, 2.24) is 5.32 Å². The largest absolute Gasteiger partial charge is 0.344 e. The second kappa shape index (κ2) is 7.54. The lowest BCUT2D eigenvalue weighted by Crippen LogP contribution is -2.35. The summed E-state index contributed by atoms with van der Waals surface area (Å²) >= 11 is 0. The van der Waals surface area contributed by atoms with Gasteiger partial charge < -0.3 is 10.6 Å². The number of carbonyl (C=O) groups is 2. The minimum atomic E-state index is -0.723. The number of hydrogen-bond acceptors (Lipinski definition) is 2. The molecule has 0 aliphatic heterocycles. The van der Waals surface area contributed by atoms with E-state index in [0.29, 0.717) is 5.69 Å². The standard InChI is InChI=1S/C18H19FN2O2/c1-3-14-6-4-5-12(2)16(14)21-18(23)17(22)20-11-13-7-9-15(19)10-8-13/h4-10H,3,11H2,1-2H3,(H,20,22)(H,21,23). The van der Waals surface area contributed by atoms with Crippen LogP contribution in [0, 0.1) is 12.7 Å². The highest BCUT2D eigenvalue weighted by Gasteiger charge is 2.16. The van der Waals surface area contributed by atoms with Crippen molar-refractivity contribution in [2.75, 3.05) is 5.32 Å². The van der Waals surface area contributed by atoms with Crippen molar-refractivity contribution in [3.05, 3.63) is 65.0 Å². The van der Waals surface area contributed by atoms with E-state index < -0.39 is 11.8 Å². The van der Waals surface area contributed by atoms with Crippen LogP contribution < -0.4 is 10.6 Å². The van der Waals surface area contributed by atoms with E-state index >= 15 is 0 Å². The van der Waals surface area contributed by atoms with Crippen molar-refractivity contribution >= 4 is 17.5 Å². The van der Waals surface area contributed by atoms with E-state index in [2.05, 4.69) is 10.6 Å². The average molecular weight is 314 g/mol. The first kappa shape index (κ1) is 16.7. The fraction of sp³-hybridized carbons (Fsp3) is 0.222. The quantitative estimate of drug-likeness (QED) is 0.853. The molecule has 0 atom stereocenters. The van der Waals surface area contributed by atoms with Gasteiger partial charge in [0.15, 0.2) is 0 Å². The lowest BCUT2D eigenvalue weighted by Gasteiger charge is -2.12. The van der Waals surface area contributed by atoms with E-state index in [1.807, 2.05) is 32.0 Å². The summed E-state index contributed by atoms with van der Waals surface area (Å²) in [4.78, 5) is 23.9. The molecule has 0 unspecified atom stereocenters. The van der Waals surface area contributed by atoms with E-state index in [1.54, 1.807) is 12.1 Å². The van der Waals surface area contributed by atoms with Gasteiger partial charge in [0.05, 0.1) is 0 Å². The Labute approximate surface area is 134 Å². The summed E-state index contributed by atoms with van der Waals surface area (Å²) < 4.78 is 12.8. The molecule has 0 aliphatic rings. The number of hydrogen-bond donors (Lipinski definition) is 2. The Balaban J connectivity index is 1.98. The monoisotopic (exact) mass is 314 g/mol. The van der Waals surface area contributed by atoms with Gasteiger partial charge in [-0.05, 0) is 42.2 Å². The van der Waals surface area contributed by atoms with E-state index in [4.69, 9.17) is 0 Å². The molecule has 0 heterocycles. The fourth-order valence-corrected chi connectivity index (χ4v) is 2.24. The molecule has 2 amide bonds. The zero-order valence-electron chi connectivity index (χ0n) is 13.2. The van der Waals surface area contributed by atoms with Crippen molar-refractivity contribution in [3.63, 3.8) is 0 Å². The van der Waals surface area contributed by atoms with Gasteiger partial charge in [-0.3, -0.25) is 9.59 Å². The number of nitrogens with one attached hydrogen (secondary N) is 2. The van der Waals surface area contributed by atoms with Crippen LogP contribution >= 0.6 is 0 Å². The van der Waals surface area contributed by atoms with Crippen LogP contribution in [0.2, 0.25) is 0 Å². The number of anilines is 1. The molecule has 0 radical (unpaired) electrons. The molecule has 0 aliphatic carbocycles. The van der Waals surface area contributed by atoms with Gasteiger partial charge in [0.2, 0.25) is 0 Å². The lowest BCUT2D eigenvalue weighted by molar-refractivity contribution is -0.136. The first-order chi connectivity index (χ1) is 11.0. The summed E-state index contributed by atoms with van der Waals surface area (Å²) in [7, 11) is 0. The van der Waals surface area contributed by atoms with Gasteiger partial charge >= 0.3 is 11.8 Å². The van der Waals surface area contributed by atoms with Crippen LogP contribution in [-0.2, 0) is 22.6 Å². The molecule has 0 saturated carbocycles. The van der Waals surface area contributed by atoms with Gasteiger partial charge in [0.1, 0.15) is 5.82 Å². The van der Waals surface area contributed by atoms with Crippen LogP contribution in [0.1, 0.15) is 23.6 Å². The van der Waals surface area contributed by atoms with Crippen molar-refractivity contribution in [1.29, 1.82) is 0 Å². The smallest absolute Gasteiger partial charge is 0.313 e. The maximum absolute atomic E-state index is 12.8. The number of benzene rings is 2. The van der Waals surface area contributed by atoms with Crippen molar-refractivity contribution < 1.29 is 14.0 Å². The Morgan fingerprint density at radius 1 is 1.04 bits per heavy atom. The van der Waals surface area contributed by atoms with Crippen molar-refractivity contribution in [2.45, 2.75) is 26.8 Å². The van der Waals surface area contributed by atoms with Crippen LogP contribution in [0.15, 0.2) is 42.5 Å². The zero-order chi connectivity index (χ0) is 16.8. The van der Waals surface area contributed by atoms with Crippen LogP contribution in [-0.4, -0.2) is 11.8 Å². The molecule has 0 bridgehead atoms. The fourth-order valence-electron chi connectivity index (χ4n) is 2.24. The minimum Gasteiger partial charge on any atom is -0.344 e. The molecule has 2 aromatic rings. The van der Waals surface area contributed by atoms with Gasteiger partial charge in [-0.15, -0.1) is 0 Å². The van der Waals surface area contributed by atoms with Crippen molar-refractivity contribution in [3.8, 4) is 0 Å². The summed E-state index contributed by atoms with van der Waals surface area (Å²) in [6, 6.07) is 11.4. The number of carbonyl (C=O) groups excluding carboxylic acids is 2. The van der Waals surface area contributed by atoms with Crippen LogP contribution in [0.3, 0.4) is 0 Å². The first-order valence-corrected chi connectivity index (χ1v) is 7.43. The number of rotatable bonds is 4. The van der Waals surface area contributed by atoms with Gasteiger partial charge in [-0.2, -0.15) is 0 Å². The maximum Gasteiger partial charge on any atom is 0.313 e. The number of amides is 2. The normalized spacial score (nSPS) is 10.2. The first-order valence-electron chi connectivity index (χ1n) is 7.43. The van der Waals surface area contributed by atoms with E-state index in [-0.39, 0.29) is 12.4 Å². The molecule has 5 heteroatoms. The second-order valence-electron chi connectivity index (χ2n) is 5.23. The second-order valence-corrected chi connectivity index (χ2v) is 5.23. The lowest BCUT2D eigenvalue weighted by atomic mass is 10.1. The molecule has 2 N–H and O–H groups in total. The zero-order valence-corrected chi connectivity index (χ0v) is 13.2. The molecule has 0 saturated heterocycles. The molecule has 0 aromatic heterocycles. The molecule has 4 nitrogen and oxygen atoms in total. The van der Waals surface area contributed by atoms with E-state index in [0.717, 1.165) is 23.1 Å². The molecule has 0 fully saturated rings. The molecule has 120 valence electrons. The van der Waals surface area contributed by atoms with Gasteiger partial charge in [-0.25, -0.2) is 4.39 Å². The highest BCUT2D eigenvalue weighted by Crippen LogP contribution is 2.20. The molecular weight excluding hydrogens is 295 g/mol. The Morgan fingerprint density at radius 3 is 2.39 bits per heavy atom. The third-order valence-electron chi connectivity index (χ3n) is 3.55. The van der Waals surface area contributed by atoms with Crippen LogP contribution in [0.5, 0.6) is 0 Å². The van der Waals surface area contributed by atoms with Crippen LogP contribution in [0.25, 0.3) is 0 Å². The Hall–Kier alpha value is -2.69. The van der Waals surface area contributed by atoms with Crippen molar-refractivity contribution in [2.24, 2.45) is 0 Å². The number of aryl methyl sites for hydroxylation is 2. The minimum absolute atomic E-state index is 0.168. The summed E-state index contributed by atoms with van der Waals surface area (Å²) in [5.74, 6) is -1.78. The molecule has 2 aromatic carbocycles. The molecular formula is C18H19FN2O2. The Morgan fingerprint density at radius 2 is 1.74 bits per heavy atom. The molecule has 0 spiro atoms. The number of para-hydroxylation sites is 1. The summed E-state index contributed by atoms with van der Waals surface area (Å²) in [6.45, 7) is 4.03.